The lowest BCUT2D eigenvalue weighted by atomic mass is 10.2. The van der Waals surface area contributed by atoms with Gasteiger partial charge in [0.05, 0.1) is 5.38 Å². The summed E-state index contributed by atoms with van der Waals surface area (Å²) in [5.41, 5.74) is 0.390. The quantitative estimate of drug-likeness (QED) is 0.613. The molecule has 0 saturated heterocycles. The van der Waals surface area contributed by atoms with Crippen LogP contribution in [0.4, 0.5) is 13.2 Å². The first-order valence-corrected chi connectivity index (χ1v) is 4.63. The number of alkyl halides is 4. The molecule has 2 rings (SSSR count). The van der Waals surface area contributed by atoms with Gasteiger partial charge >= 0.3 is 6.18 Å². The lowest BCUT2D eigenvalue weighted by molar-refractivity contribution is -0.141. The molecule has 1 nitrogen and oxygen atoms in total. The summed E-state index contributed by atoms with van der Waals surface area (Å²) in [6.45, 7) is 0. The zero-order valence-corrected chi connectivity index (χ0v) is 7.86. The molecule has 76 valence electrons. The molecule has 0 saturated carbocycles. The number of rotatable bonds is 0. The van der Waals surface area contributed by atoms with Crippen molar-refractivity contribution in [3.8, 4) is 0 Å². The summed E-state index contributed by atoms with van der Waals surface area (Å²) in [6, 6.07) is 2.41. The van der Waals surface area contributed by atoms with E-state index in [2.05, 4.69) is 4.98 Å². The van der Waals surface area contributed by atoms with Crippen molar-refractivity contribution in [1.82, 2.24) is 4.98 Å². The van der Waals surface area contributed by atoms with Crippen molar-refractivity contribution in [1.29, 1.82) is 0 Å². The molecule has 0 N–H and O–H groups in total. The minimum absolute atomic E-state index is 0.181. The van der Waals surface area contributed by atoms with Crippen LogP contribution in [0.15, 0.2) is 12.1 Å². The Labute approximate surface area is 83.9 Å². The third-order valence-electron chi connectivity index (χ3n) is 2.27. The maximum Gasteiger partial charge on any atom is 0.433 e. The van der Waals surface area contributed by atoms with Crippen LogP contribution in [0.1, 0.15) is 28.7 Å². The van der Waals surface area contributed by atoms with Gasteiger partial charge in [0, 0.05) is 5.69 Å². The fraction of sp³-hybridized carbons (Fsp3) is 0.444. The molecule has 0 bridgehead atoms. The van der Waals surface area contributed by atoms with Crippen molar-refractivity contribution < 1.29 is 13.2 Å². The molecule has 1 unspecified atom stereocenters. The average molecular weight is 222 g/mol. The van der Waals surface area contributed by atoms with E-state index >= 15 is 0 Å². The second kappa shape index (κ2) is 3.12. The molecule has 5 heteroatoms. The minimum atomic E-state index is -4.36. The van der Waals surface area contributed by atoms with E-state index < -0.39 is 11.9 Å². The fourth-order valence-electron chi connectivity index (χ4n) is 1.57. The van der Waals surface area contributed by atoms with Gasteiger partial charge in [-0.05, 0) is 24.5 Å². The Morgan fingerprint density at radius 3 is 2.71 bits per heavy atom. The first-order valence-electron chi connectivity index (χ1n) is 4.19. The van der Waals surface area contributed by atoms with Gasteiger partial charge in [-0.15, -0.1) is 11.6 Å². The van der Waals surface area contributed by atoms with Crippen LogP contribution >= 0.6 is 11.6 Å². The molecular weight excluding hydrogens is 215 g/mol. The number of fused-ring (bicyclic) bond motifs is 1. The Balaban J connectivity index is 2.42. The Hall–Kier alpha value is -0.770. The number of pyridine rings is 1. The van der Waals surface area contributed by atoms with Gasteiger partial charge in [-0.1, -0.05) is 6.07 Å². The molecule has 0 amide bonds. The highest BCUT2D eigenvalue weighted by molar-refractivity contribution is 6.21. The van der Waals surface area contributed by atoms with Crippen molar-refractivity contribution in [3.05, 3.63) is 29.1 Å². The van der Waals surface area contributed by atoms with Crippen LogP contribution in [-0.4, -0.2) is 4.98 Å². The lowest BCUT2D eigenvalue weighted by Gasteiger charge is -2.07. The van der Waals surface area contributed by atoms with Gasteiger partial charge in [0.25, 0.3) is 0 Å². The number of halogens is 4. The Bertz CT molecular complexity index is 362. The highest BCUT2D eigenvalue weighted by Gasteiger charge is 2.34. The van der Waals surface area contributed by atoms with E-state index in [1.165, 1.54) is 6.07 Å². The molecule has 1 aromatic heterocycles. The normalized spacial score (nSPS) is 21.0. The molecule has 1 atom stereocenters. The molecule has 0 fully saturated rings. The average Bonchev–Trinajstić information content (AvgIpc) is 2.46. The summed E-state index contributed by atoms with van der Waals surface area (Å²) >= 11 is 5.89. The maximum absolute atomic E-state index is 12.3. The number of hydrogen-bond donors (Lipinski definition) is 0. The Morgan fingerprint density at radius 2 is 2.07 bits per heavy atom. The number of aromatic nitrogens is 1. The van der Waals surface area contributed by atoms with Crippen LogP contribution in [0, 0.1) is 0 Å². The molecule has 1 heterocycles. The fourth-order valence-corrected chi connectivity index (χ4v) is 1.88. The van der Waals surface area contributed by atoms with E-state index in [9.17, 15) is 13.2 Å². The second-order valence-corrected chi connectivity index (χ2v) is 3.76. The third kappa shape index (κ3) is 1.59. The van der Waals surface area contributed by atoms with Gasteiger partial charge in [0.2, 0.25) is 0 Å². The first kappa shape index (κ1) is 9.77. The van der Waals surface area contributed by atoms with Crippen LogP contribution in [0.2, 0.25) is 0 Å². The molecule has 0 radical (unpaired) electrons. The number of hydrogen-bond acceptors (Lipinski definition) is 1. The summed E-state index contributed by atoms with van der Waals surface area (Å²) in [6.07, 6.45) is -3.15. The Kier molecular flexibility index (Phi) is 2.18. The van der Waals surface area contributed by atoms with Gasteiger partial charge in [0.15, 0.2) is 0 Å². The van der Waals surface area contributed by atoms with E-state index in [0.29, 0.717) is 18.5 Å². The predicted molar refractivity (Wildman–Crippen MR) is 46.2 cm³/mol. The maximum atomic E-state index is 12.3. The van der Waals surface area contributed by atoms with E-state index in [4.69, 9.17) is 11.6 Å². The van der Waals surface area contributed by atoms with Crippen LogP contribution in [0.25, 0.3) is 0 Å². The van der Waals surface area contributed by atoms with E-state index in [-0.39, 0.29) is 5.38 Å². The minimum Gasteiger partial charge on any atom is -0.248 e. The first-order chi connectivity index (χ1) is 6.48. The van der Waals surface area contributed by atoms with E-state index in [0.717, 1.165) is 11.6 Å². The summed E-state index contributed by atoms with van der Waals surface area (Å²) in [5, 5.41) is -0.181. The van der Waals surface area contributed by atoms with Gasteiger partial charge in [0.1, 0.15) is 5.69 Å². The smallest absolute Gasteiger partial charge is 0.248 e. The van der Waals surface area contributed by atoms with Gasteiger partial charge in [-0.2, -0.15) is 13.2 Å². The molecule has 1 aliphatic carbocycles. The monoisotopic (exact) mass is 221 g/mol. The summed E-state index contributed by atoms with van der Waals surface area (Å²) < 4.78 is 36.8. The number of nitrogens with zero attached hydrogens (tertiary/aromatic N) is 1. The summed E-state index contributed by atoms with van der Waals surface area (Å²) in [7, 11) is 0. The van der Waals surface area contributed by atoms with Crippen LogP contribution in [0.5, 0.6) is 0 Å². The van der Waals surface area contributed by atoms with Crippen LogP contribution < -0.4 is 0 Å². The number of aryl methyl sites for hydroxylation is 1. The van der Waals surface area contributed by atoms with Gasteiger partial charge in [-0.25, -0.2) is 4.98 Å². The van der Waals surface area contributed by atoms with Crippen molar-refractivity contribution in [2.75, 3.05) is 0 Å². The standard InChI is InChI=1S/C9H7ClF3N/c10-6-2-3-7-5(6)1-4-8(14-7)9(11,12)13/h1,4,6H,2-3H2. The van der Waals surface area contributed by atoms with Gasteiger partial charge < -0.3 is 0 Å². The molecule has 1 aliphatic rings. The topological polar surface area (TPSA) is 12.9 Å². The predicted octanol–water partition coefficient (Wildman–Crippen LogP) is 3.33. The molecule has 1 aromatic rings. The van der Waals surface area contributed by atoms with Crippen LogP contribution in [-0.2, 0) is 12.6 Å². The zero-order valence-electron chi connectivity index (χ0n) is 7.11. The molecule has 0 aromatic carbocycles. The summed E-state index contributed by atoms with van der Waals surface area (Å²) in [5.74, 6) is 0. The van der Waals surface area contributed by atoms with Crippen molar-refractivity contribution in [2.45, 2.75) is 24.4 Å². The third-order valence-corrected chi connectivity index (χ3v) is 2.73. The summed E-state index contributed by atoms with van der Waals surface area (Å²) in [4.78, 5) is 3.57. The second-order valence-electron chi connectivity index (χ2n) is 3.24. The largest absolute Gasteiger partial charge is 0.433 e. The Morgan fingerprint density at radius 1 is 1.36 bits per heavy atom. The molecule has 0 aliphatic heterocycles. The molecule has 0 spiro atoms. The van der Waals surface area contributed by atoms with Crippen molar-refractivity contribution >= 4 is 11.6 Å². The highest BCUT2D eigenvalue weighted by atomic mass is 35.5. The van der Waals surface area contributed by atoms with Gasteiger partial charge in [-0.3, -0.25) is 0 Å². The lowest BCUT2D eigenvalue weighted by Crippen LogP contribution is -2.09. The SMILES string of the molecule is FC(F)(F)c1ccc2c(n1)CCC2Cl. The molecule has 14 heavy (non-hydrogen) atoms. The van der Waals surface area contributed by atoms with E-state index in [1.54, 1.807) is 0 Å². The zero-order chi connectivity index (χ0) is 10.3. The highest BCUT2D eigenvalue weighted by Crippen LogP contribution is 2.37. The van der Waals surface area contributed by atoms with E-state index in [1.807, 2.05) is 0 Å². The van der Waals surface area contributed by atoms with Crippen molar-refractivity contribution in [2.24, 2.45) is 0 Å². The van der Waals surface area contributed by atoms with Crippen molar-refractivity contribution in [3.63, 3.8) is 0 Å². The molecular formula is C9H7ClF3N. The van der Waals surface area contributed by atoms with Crippen LogP contribution in [0.3, 0.4) is 0 Å².